The molecule has 1 amide bonds. The van der Waals surface area contributed by atoms with Gasteiger partial charge in [0.05, 0.1) is 23.7 Å². The zero-order valence-electron chi connectivity index (χ0n) is 25.0. The molecule has 8 atom stereocenters. The molecule has 0 aromatic carbocycles. The number of nitrogens with two attached hydrogens (primary N) is 1. The van der Waals surface area contributed by atoms with E-state index in [0.717, 1.165) is 0 Å². The molecule has 9 heteroatoms. The lowest BCUT2D eigenvalue weighted by atomic mass is 9.88. The minimum absolute atomic E-state index is 0.0388. The van der Waals surface area contributed by atoms with Crippen LogP contribution in [0.5, 0.6) is 0 Å². The number of carbonyl (C=O) groups is 2. The van der Waals surface area contributed by atoms with Gasteiger partial charge in [0, 0.05) is 24.9 Å². The van der Waals surface area contributed by atoms with Crippen molar-refractivity contribution in [3.05, 3.63) is 35.6 Å². The monoisotopic (exact) mass is 553 g/mol. The minimum atomic E-state index is -0.834. The number of allylic oxidation sites excluding steroid dienone is 2. The molecule has 0 radical (unpaired) electrons. The van der Waals surface area contributed by atoms with E-state index in [2.05, 4.69) is 0 Å². The number of aliphatic hydroxyl groups is 2. The van der Waals surface area contributed by atoms with E-state index in [1.54, 1.807) is 6.92 Å². The second-order valence-corrected chi connectivity index (χ2v) is 11.1. The maximum Gasteiger partial charge on any atom is 0.404 e. The third kappa shape index (κ3) is 11.3. The number of carbonyl (C=O) groups excluding carboxylic acids is 2. The van der Waals surface area contributed by atoms with Crippen LogP contribution >= 0.6 is 0 Å². The summed E-state index contributed by atoms with van der Waals surface area (Å²) in [6.07, 6.45) is 7.67. The molecule has 0 aromatic rings. The van der Waals surface area contributed by atoms with Crippen molar-refractivity contribution in [3.8, 4) is 0 Å². The molecule has 0 aromatic heterocycles. The van der Waals surface area contributed by atoms with Crippen molar-refractivity contribution in [2.75, 3.05) is 13.9 Å². The lowest BCUT2D eigenvalue weighted by molar-refractivity contribution is -0.151. The lowest BCUT2D eigenvalue weighted by Crippen LogP contribution is -2.38. The summed E-state index contributed by atoms with van der Waals surface area (Å²) >= 11 is 0. The largest absolute Gasteiger partial charge is 0.471 e. The molecule has 0 spiro atoms. The lowest BCUT2D eigenvalue weighted by Gasteiger charge is -2.31. The first kappa shape index (κ1) is 34.7. The van der Waals surface area contributed by atoms with Gasteiger partial charge in [-0.05, 0) is 38.5 Å². The van der Waals surface area contributed by atoms with E-state index in [1.165, 1.54) is 7.11 Å². The number of rotatable bonds is 17. The maximum absolute atomic E-state index is 12.2. The smallest absolute Gasteiger partial charge is 0.404 e. The number of methoxy groups -OCH3 is 1. The molecule has 1 rings (SSSR count). The average Bonchev–Trinajstić information content (AvgIpc) is 2.88. The molecule has 0 saturated carbocycles. The predicted octanol–water partition coefficient (Wildman–Crippen LogP) is 4.87. The van der Waals surface area contributed by atoms with Gasteiger partial charge in [-0.15, -0.1) is 0 Å². The third-order valence-corrected chi connectivity index (χ3v) is 7.48. The summed E-state index contributed by atoms with van der Waals surface area (Å²) in [7, 11) is 1.54. The Morgan fingerprint density at radius 1 is 1.08 bits per heavy atom. The van der Waals surface area contributed by atoms with Crippen LogP contribution in [0, 0.1) is 29.6 Å². The first-order valence-corrected chi connectivity index (χ1v) is 14.0. The van der Waals surface area contributed by atoms with Gasteiger partial charge in [-0.2, -0.15) is 0 Å². The molecule has 0 bridgehead atoms. The van der Waals surface area contributed by atoms with Gasteiger partial charge in [0.1, 0.15) is 18.0 Å². The van der Waals surface area contributed by atoms with Crippen LogP contribution in [-0.2, 0) is 23.7 Å². The quantitative estimate of drug-likeness (QED) is 0.132. The van der Waals surface area contributed by atoms with E-state index in [4.69, 9.17) is 24.7 Å². The first-order valence-electron chi connectivity index (χ1n) is 14.0. The fraction of sp³-hybridized carbons (Fsp3) is 0.733. The number of cyclic esters (lactones) is 1. The molecule has 1 aliphatic heterocycles. The Bertz CT molecular complexity index is 852. The van der Waals surface area contributed by atoms with E-state index in [0.29, 0.717) is 37.0 Å². The zero-order chi connectivity index (χ0) is 29.7. The van der Waals surface area contributed by atoms with E-state index < -0.39 is 24.4 Å². The van der Waals surface area contributed by atoms with Gasteiger partial charge in [0.2, 0.25) is 0 Å². The highest BCUT2D eigenvalue weighted by Gasteiger charge is 2.34. The van der Waals surface area contributed by atoms with Gasteiger partial charge in [-0.25, -0.2) is 9.59 Å². The molecule has 9 nitrogen and oxygen atoms in total. The third-order valence-electron chi connectivity index (χ3n) is 7.48. The number of hydrogen-bond acceptors (Lipinski definition) is 8. The molecule has 4 N–H and O–H groups in total. The Hall–Kier alpha value is -2.36. The van der Waals surface area contributed by atoms with Crippen LogP contribution in [0.3, 0.4) is 0 Å². The Balaban J connectivity index is 2.51. The highest BCUT2D eigenvalue weighted by atomic mass is 16.7. The fourth-order valence-electron chi connectivity index (χ4n) is 4.93. The molecule has 39 heavy (non-hydrogen) atoms. The maximum atomic E-state index is 12.2. The van der Waals surface area contributed by atoms with Crippen LogP contribution in [0.1, 0.15) is 74.1 Å². The molecule has 0 saturated heterocycles. The summed E-state index contributed by atoms with van der Waals surface area (Å²) in [5, 5.41) is 21.3. The molecular weight excluding hydrogens is 502 g/mol. The number of amides is 1. The molecular formula is C30H51NO8. The molecule has 1 heterocycles. The van der Waals surface area contributed by atoms with E-state index in [-0.39, 0.29) is 48.5 Å². The molecule has 1 aliphatic rings. The second-order valence-electron chi connectivity index (χ2n) is 11.1. The van der Waals surface area contributed by atoms with E-state index >= 15 is 0 Å². The Morgan fingerprint density at radius 2 is 1.67 bits per heavy atom. The summed E-state index contributed by atoms with van der Waals surface area (Å²) in [5.74, 6) is -0.158. The Morgan fingerprint density at radius 3 is 2.21 bits per heavy atom. The predicted molar refractivity (Wildman–Crippen MR) is 150 cm³/mol. The van der Waals surface area contributed by atoms with E-state index in [9.17, 15) is 19.8 Å². The standard InChI is InChI=1S/C30H51NO8/c1-18(2)27(39-30(31)35)21(5)24(32)15-11-9-13-19(3)26(33)20(4)14-10-12-16-25-22(6)28(37-17-36-8)23(7)29(34)38-25/h9-10,13-14,18-22,24-27,32-33H,11-12,15-17H2,1-8H3,(H2,31,35)/b13-9-,14-10-/t19?,20-,21-,22-,24+,25-,26+,27-/m0/s1. The summed E-state index contributed by atoms with van der Waals surface area (Å²) in [4.78, 5) is 23.4. The summed E-state index contributed by atoms with van der Waals surface area (Å²) < 4.78 is 21.4. The van der Waals surface area contributed by atoms with Crippen molar-refractivity contribution in [1.82, 2.24) is 0 Å². The van der Waals surface area contributed by atoms with Crippen LogP contribution in [0.2, 0.25) is 0 Å². The van der Waals surface area contributed by atoms with Crippen molar-refractivity contribution < 1.29 is 38.7 Å². The Labute approximate surface area is 234 Å². The van der Waals surface area contributed by atoms with Crippen LogP contribution in [0.15, 0.2) is 35.6 Å². The molecule has 224 valence electrons. The highest BCUT2D eigenvalue weighted by Crippen LogP contribution is 2.31. The number of hydrogen-bond donors (Lipinski definition) is 3. The van der Waals surface area contributed by atoms with Gasteiger partial charge in [0.15, 0.2) is 6.79 Å². The first-order chi connectivity index (χ1) is 18.3. The molecule has 1 unspecified atom stereocenters. The van der Waals surface area contributed by atoms with Crippen molar-refractivity contribution in [3.63, 3.8) is 0 Å². The van der Waals surface area contributed by atoms with Gasteiger partial charge in [-0.3, -0.25) is 0 Å². The SMILES string of the molecule is COCOC1=C(C)C(=O)O[C@@H](CC/C=C\[C@H](C)[C@H](O)C(C)/C=C\CC[C@@H](O)[C@H](C)[C@@H](OC(N)=O)C(C)C)[C@@H]1C. The topological polar surface area (TPSA) is 138 Å². The second kappa shape index (κ2) is 17.4. The zero-order valence-corrected chi connectivity index (χ0v) is 25.0. The molecule has 0 aliphatic carbocycles. The summed E-state index contributed by atoms with van der Waals surface area (Å²) in [5.41, 5.74) is 5.65. The summed E-state index contributed by atoms with van der Waals surface area (Å²) in [6, 6.07) is 0. The van der Waals surface area contributed by atoms with Gasteiger partial charge in [-0.1, -0.05) is 65.8 Å². The molecule has 0 fully saturated rings. The van der Waals surface area contributed by atoms with Gasteiger partial charge < -0.3 is 34.9 Å². The van der Waals surface area contributed by atoms with Crippen molar-refractivity contribution in [2.24, 2.45) is 35.3 Å². The number of esters is 1. The van der Waals surface area contributed by atoms with Crippen LogP contribution in [0.4, 0.5) is 4.79 Å². The van der Waals surface area contributed by atoms with Gasteiger partial charge >= 0.3 is 12.1 Å². The van der Waals surface area contributed by atoms with Crippen LogP contribution in [-0.4, -0.2) is 60.6 Å². The minimum Gasteiger partial charge on any atom is -0.471 e. The van der Waals surface area contributed by atoms with Gasteiger partial charge in [0.25, 0.3) is 0 Å². The number of primary amides is 1. The normalized spacial score (nSPS) is 23.0. The van der Waals surface area contributed by atoms with Crippen molar-refractivity contribution >= 4 is 12.1 Å². The summed E-state index contributed by atoms with van der Waals surface area (Å²) in [6.45, 7) is 13.4. The van der Waals surface area contributed by atoms with E-state index in [1.807, 2.05) is 65.8 Å². The number of aliphatic hydroxyl groups excluding tert-OH is 2. The highest BCUT2D eigenvalue weighted by molar-refractivity contribution is 5.89. The average molecular weight is 554 g/mol. The van der Waals surface area contributed by atoms with Crippen LogP contribution in [0.25, 0.3) is 0 Å². The van der Waals surface area contributed by atoms with Crippen molar-refractivity contribution in [2.45, 2.75) is 98.6 Å². The Kier molecular flexibility index (Phi) is 15.4. The fourth-order valence-corrected chi connectivity index (χ4v) is 4.93. The number of ether oxygens (including phenoxy) is 4. The van der Waals surface area contributed by atoms with Crippen molar-refractivity contribution in [1.29, 1.82) is 0 Å². The van der Waals surface area contributed by atoms with Crippen LogP contribution < -0.4 is 5.73 Å².